The van der Waals surface area contributed by atoms with Gasteiger partial charge in [-0.2, -0.15) is 11.8 Å². The molecule has 0 unspecified atom stereocenters. The quantitative estimate of drug-likeness (QED) is 0.452. The fourth-order valence-electron chi connectivity index (χ4n) is 2.23. The Morgan fingerprint density at radius 3 is 2.90 bits per heavy atom. The molecule has 5 nitrogen and oxygen atoms in total. The summed E-state index contributed by atoms with van der Waals surface area (Å²) >= 11 is 1.87. The Labute approximate surface area is 128 Å². The van der Waals surface area contributed by atoms with Gasteiger partial charge in [-0.05, 0) is 30.9 Å². The zero-order valence-corrected chi connectivity index (χ0v) is 12.9. The fraction of sp³-hybridized carbons (Fsp3) is 0.400. The van der Waals surface area contributed by atoms with E-state index < -0.39 is 0 Å². The molecule has 0 bridgehead atoms. The predicted molar refractivity (Wildman–Crippen MR) is 89.1 cm³/mol. The number of pyridine rings is 1. The van der Waals surface area contributed by atoms with Crippen molar-refractivity contribution in [2.45, 2.75) is 19.3 Å². The number of nitrogens with one attached hydrogen (secondary N) is 1. The Morgan fingerprint density at radius 1 is 1.29 bits per heavy atom. The first kappa shape index (κ1) is 15.6. The van der Waals surface area contributed by atoms with Crippen molar-refractivity contribution in [1.29, 1.82) is 0 Å². The van der Waals surface area contributed by atoms with Gasteiger partial charge in [0.15, 0.2) is 0 Å². The summed E-state index contributed by atoms with van der Waals surface area (Å²) in [6.07, 6.45) is 7.25. The van der Waals surface area contributed by atoms with Crippen LogP contribution in [-0.2, 0) is 0 Å². The number of aromatic nitrogens is 1. The molecule has 0 amide bonds. The van der Waals surface area contributed by atoms with Gasteiger partial charge in [-0.1, -0.05) is 18.6 Å². The van der Waals surface area contributed by atoms with Crippen LogP contribution in [0.1, 0.15) is 19.3 Å². The average molecular weight is 305 g/mol. The van der Waals surface area contributed by atoms with Crippen LogP contribution in [0, 0.1) is 10.1 Å². The number of thioether (sulfide) groups is 1. The fourth-order valence-corrected chi connectivity index (χ4v) is 2.73. The molecule has 0 radical (unpaired) electrons. The zero-order chi connectivity index (χ0) is 15.1. The average Bonchev–Trinajstić information content (AvgIpc) is 2.50. The molecule has 0 saturated carbocycles. The number of rotatable bonds is 8. The zero-order valence-electron chi connectivity index (χ0n) is 12.0. The highest BCUT2D eigenvalue weighted by Crippen LogP contribution is 2.28. The third-order valence-corrected chi connectivity index (χ3v) is 3.98. The summed E-state index contributed by atoms with van der Waals surface area (Å²) in [6.45, 7) is 0.871. The summed E-state index contributed by atoms with van der Waals surface area (Å²) < 4.78 is 0. The Hall–Kier alpha value is -1.82. The van der Waals surface area contributed by atoms with E-state index in [1.807, 2.05) is 23.9 Å². The number of nitrogens with zero attached hydrogens (tertiary/aromatic N) is 2. The summed E-state index contributed by atoms with van der Waals surface area (Å²) in [7, 11) is 0. The maximum absolute atomic E-state index is 11.0. The molecule has 1 N–H and O–H groups in total. The summed E-state index contributed by atoms with van der Waals surface area (Å²) in [5.74, 6) is 1.20. The minimum absolute atomic E-state index is 0.0520. The second kappa shape index (κ2) is 7.83. The second-order valence-corrected chi connectivity index (χ2v) is 5.75. The number of hydrogen-bond donors (Lipinski definition) is 1. The molecule has 0 aliphatic heterocycles. The van der Waals surface area contributed by atoms with E-state index in [9.17, 15) is 10.1 Å². The van der Waals surface area contributed by atoms with Gasteiger partial charge >= 0.3 is 0 Å². The third-order valence-electron chi connectivity index (χ3n) is 3.29. The molecule has 21 heavy (non-hydrogen) atoms. The normalized spacial score (nSPS) is 10.7. The van der Waals surface area contributed by atoms with Crippen molar-refractivity contribution in [3.63, 3.8) is 0 Å². The third kappa shape index (κ3) is 4.07. The first-order valence-corrected chi connectivity index (χ1v) is 8.38. The second-order valence-electron chi connectivity index (χ2n) is 4.77. The molecule has 2 rings (SSSR count). The lowest BCUT2D eigenvalue weighted by atomic mass is 10.1. The SMILES string of the molecule is CSCCCCCNc1ccnc2c([N+](=O)[O-])cccc12. The lowest BCUT2D eigenvalue weighted by Gasteiger charge is -2.09. The molecule has 6 heteroatoms. The Balaban J connectivity index is 2.07. The highest BCUT2D eigenvalue weighted by Gasteiger charge is 2.13. The summed E-state index contributed by atoms with van der Waals surface area (Å²) in [4.78, 5) is 14.8. The smallest absolute Gasteiger partial charge is 0.295 e. The van der Waals surface area contributed by atoms with Crippen LogP contribution >= 0.6 is 11.8 Å². The number of benzene rings is 1. The van der Waals surface area contributed by atoms with E-state index in [-0.39, 0.29) is 10.6 Å². The Bertz CT molecular complexity index is 619. The maximum atomic E-state index is 11.0. The summed E-state index contributed by atoms with van der Waals surface area (Å²) in [5.41, 5.74) is 1.40. The van der Waals surface area contributed by atoms with Gasteiger partial charge in [0, 0.05) is 29.9 Å². The topological polar surface area (TPSA) is 68.1 Å². The van der Waals surface area contributed by atoms with Gasteiger partial charge in [0.2, 0.25) is 0 Å². The first-order valence-electron chi connectivity index (χ1n) is 6.99. The van der Waals surface area contributed by atoms with E-state index in [1.165, 1.54) is 24.7 Å². The molecule has 112 valence electrons. The number of nitro groups is 1. The van der Waals surface area contributed by atoms with Crippen molar-refractivity contribution in [1.82, 2.24) is 4.98 Å². The van der Waals surface area contributed by atoms with Crippen molar-refractivity contribution < 1.29 is 4.92 Å². The first-order chi connectivity index (χ1) is 10.2. The van der Waals surface area contributed by atoms with Crippen LogP contribution in [-0.4, -0.2) is 28.5 Å². The molecular formula is C15H19N3O2S. The standard InChI is InChI=1S/C15H19N3O2S/c1-21-11-4-2-3-9-16-13-8-10-17-15-12(13)6-5-7-14(15)18(19)20/h5-8,10H,2-4,9,11H2,1H3,(H,16,17). The summed E-state index contributed by atoms with van der Waals surface area (Å²) in [5, 5.41) is 15.2. The lowest BCUT2D eigenvalue weighted by Crippen LogP contribution is -2.03. The van der Waals surface area contributed by atoms with E-state index in [4.69, 9.17) is 0 Å². The maximum Gasteiger partial charge on any atom is 0.295 e. The number of nitro benzene ring substituents is 1. The van der Waals surface area contributed by atoms with Crippen LogP contribution in [0.4, 0.5) is 11.4 Å². The molecule has 1 heterocycles. The molecule has 0 fully saturated rings. The van der Waals surface area contributed by atoms with Crippen LogP contribution < -0.4 is 5.32 Å². The number of non-ortho nitro benzene ring substituents is 1. The molecule has 2 aromatic rings. The number of anilines is 1. The minimum Gasteiger partial charge on any atom is -0.384 e. The van der Waals surface area contributed by atoms with Crippen LogP contribution in [0.5, 0.6) is 0 Å². The van der Waals surface area contributed by atoms with Crippen molar-refractivity contribution in [3.05, 3.63) is 40.6 Å². The molecular weight excluding hydrogens is 286 g/mol. The van der Waals surface area contributed by atoms with Crippen LogP contribution in [0.2, 0.25) is 0 Å². The minimum atomic E-state index is -0.387. The Kier molecular flexibility index (Phi) is 5.80. The van der Waals surface area contributed by atoms with Crippen LogP contribution in [0.3, 0.4) is 0 Å². The largest absolute Gasteiger partial charge is 0.384 e. The van der Waals surface area contributed by atoms with Gasteiger partial charge in [-0.15, -0.1) is 0 Å². The van der Waals surface area contributed by atoms with Gasteiger partial charge in [0.25, 0.3) is 5.69 Å². The van der Waals surface area contributed by atoms with Gasteiger partial charge in [0.1, 0.15) is 5.52 Å². The van der Waals surface area contributed by atoms with Crippen LogP contribution in [0.15, 0.2) is 30.5 Å². The molecule has 1 aromatic carbocycles. The highest BCUT2D eigenvalue weighted by molar-refractivity contribution is 7.98. The number of unbranched alkanes of at least 4 members (excludes halogenated alkanes) is 2. The molecule has 0 spiro atoms. The van der Waals surface area contributed by atoms with Crippen LogP contribution in [0.25, 0.3) is 10.9 Å². The van der Waals surface area contributed by atoms with Crippen molar-refractivity contribution >= 4 is 34.0 Å². The van der Waals surface area contributed by atoms with E-state index in [2.05, 4.69) is 16.6 Å². The van der Waals surface area contributed by atoms with E-state index in [0.717, 1.165) is 24.0 Å². The van der Waals surface area contributed by atoms with Gasteiger partial charge in [-0.25, -0.2) is 4.98 Å². The molecule has 0 aliphatic rings. The van der Waals surface area contributed by atoms with E-state index in [0.29, 0.717) is 5.52 Å². The summed E-state index contributed by atoms with van der Waals surface area (Å²) in [6, 6.07) is 6.92. The van der Waals surface area contributed by atoms with Gasteiger partial charge in [-0.3, -0.25) is 10.1 Å². The van der Waals surface area contributed by atoms with Crippen molar-refractivity contribution in [3.8, 4) is 0 Å². The highest BCUT2D eigenvalue weighted by atomic mass is 32.2. The van der Waals surface area contributed by atoms with Gasteiger partial charge in [0.05, 0.1) is 4.92 Å². The van der Waals surface area contributed by atoms with E-state index in [1.54, 1.807) is 12.3 Å². The molecule has 0 aliphatic carbocycles. The van der Waals surface area contributed by atoms with Crippen molar-refractivity contribution in [2.75, 3.05) is 23.9 Å². The van der Waals surface area contributed by atoms with Crippen molar-refractivity contribution in [2.24, 2.45) is 0 Å². The molecule has 1 aromatic heterocycles. The number of fused-ring (bicyclic) bond motifs is 1. The molecule has 0 atom stereocenters. The monoisotopic (exact) mass is 305 g/mol. The van der Waals surface area contributed by atoms with E-state index >= 15 is 0 Å². The molecule has 0 saturated heterocycles. The number of hydrogen-bond acceptors (Lipinski definition) is 5. The van der Waals surface area contributed by atoms with Gasteiger partial charge < -0.3 is 5.32 Å². The number of para-hydroxylation sites is 1. The Morgan fingerprint density at radius 2 is 2.14 bits per heavy atom. The predicted octanol–water partition coefficient (Wildman–Crippen LogP) is 4.09. The lowest BCUT2D eigenvalue weighted by molar-refractivity contribution is -0.383.